The Kier molecular flexibility index (Phi) is 5.57. The molecule has 2 atom stereocenters. The molecule has 0 bridgehead atoms. The molecule has 1 aromatic heterocycles. The summed E-state index contributed by atoms with van der Waals surface area (Å²) in [5.74, 6) is 1.75. The standard InChI is InChI=1S/C22H28N4O2/c1-16-23-11-7-21(24-16)26-14-10-20(27)19(15-26)22(28)25-12-8-18(9-13-25)17-5-3-2-4-6-17/h2-7,11,18-20,27H,8-10,12-15H2,1H3/t19-,20+/m0/s1. The minimum Gasteiger partial charge on any atom is -0.392 e. The second kappa shape index (κ2) is 8.27. The van der Waals surface area contributed by atoms with Crippen LogP contribution >= 0.6 is 0 Å². The summed E-state index contributed by atoms with van der Waals surface area (Å²) in [6.07, 6.45) is 3.70. The number of hydrogen-bond donors (Lipinski definition) is 1. The first kappa shape index (κ1) is 18.9. The third-order valence-corrected chi connectivity index (χ3v) is 6.06. The zero-order chi connectivity index (χ0) is 19.5. The van der Waals surface area contributed by atoms with Gasteiger partial charge in [-0.25, -0.2) is 9.97 Å². The summed E-state index contributed by atoms with van der Waals surface area (Å²) < 4.78 is 0. The van der Waals surface area contributed by atoms with Crippen molar-refractivity contribution in [2.75, 3.05) is 31.1 Å². The van der Waals surface area contributed by atoms with Gasteiger partial charge in [0, 0.05) is 32.4 Å². The van der Waals surface area contributed by atoms with Crippen molar-refractivity contribution in [2.24, 2.45) is 5.92 Å². The lowest BCUT2D eigenvalue weighted by molar-refractivity contribution is -0.140. The van der Waals surface area contributed by atoms with Gasteiger partial charge in [0.05, 0.1) is 12.0 Å². The van der Waals surface area contributed by atoms with E-state index >= 15 is 0 Å². The number of amides is 1. The van der Waals surface area contributed by atoms with E-state index in [9.17, 15) is 9.90 Å². The van der Waals surface area contributed by atoms with Gasteiger partial charge in [-0.1, -0.05) is 30.3 Å². The Morgan fingerprint density at radius 3 is 2.54 bits per heavy atom. The number of rotatable bonds is 3. The van der Waals surface area contributed by atoms with Gasteiger partial charge in [0.25, 0.3) is 0 Å². The van der Waals surface area contributed by atoms with Crippen molar-refractivity contribution in [1.82, 2.24) is 14.9 Å². The molecule has 1 N–H and O–H groups in total. The van der Waals surface area contributed by atoms with Gasteiger partial charge in [-0.05, 0) is 43.7 Å². The first-order chi connectivity index (χ1) is 13.6. The fraction of sp³-hybridized carbons (Fsp3) is 0.500. The number of nitrogens with zero attached hydrogens (tertiary/aromatic N) is 4. The maximum Gasteiger partial charge on any atom is 0.230 e. The molecule has 6 nitrogen and oxygen atoms in total. The number of aliphatic hydroxyl groups excluding tert-OH is 1. The van der Waals surface area contributed by atoms with Gasteiger partial charge in [-0.15, -0.1) is 0 Å². The number of piperidine rings is 2. The Hall–Kier alpha value is -2.47. The third kappa shape index (κ3) is 4.02. The molecule has 0 saturated carbocycles. The topological polar surface area (TPSA) is 69.6 Å². The fourth-order valence-corrected chi connectivity index (χ4v) is 4.40. The Morgan fingerprint density at radius 1 is 1.07 bits per heavy atom. The molecule has 0 aliphatic carbocycles. The fourth-order valence-electron chi connectivity index (χ4n) is 4.40. The Bertz CT molecular complexity index is 805. The summed E-state index contributed by atoms with van der Waals surface area (Å²) in [5.41, 5.74) is 1.36. The molecule has 1 aromatic carbocycles. The van der Waals surface area contributed by atoms with E-state index in [1.165, 1.54) is 5.56 Å². The summed E-state index contributed by atoms with van der Waals surface area (Å²) in [7, 11) is 0. The van der Waals surface area contributed by atoms with E-state index < -0.39 is 12.0 Å². The molecule has 3 heterocycles. The number of hydrogen-bond acceptors (Lipinski definition) is 5. The van der Waals surface area contributed by atoms with Crippen LogP contribution in [0.2, 0.25) is 0 Å². The van der Waals surface area contributed by atoms with Crippen LogP contribution < -0.4 is 4.90 Å². The van der Waals surface area contributed by atoms with Crippen LogP contribution in [0.15, 0.2) is 42.6 Å². The number of aliphatic hydroxyl groups is 1. The average molecular weight is 380 g/mol. The highest BCUT2D eigenvalue weighted by molar-refractivity contribution is 5.80. The van der Waals surface area contributed by atoms with Crippen molar-refractivity contribution in [1.29, 1.82) is 0 Å². The van der Waals surface area contributed by atoms with Gasteiger partial charge in [-0.3, -0.25) is 4.79 Å². The smallest absolute Gasteiger partial charge is 0.230 e. The summed E-state index contributed by atoms with van der Waals surface area (Å²) in [4.78, 5) is 25.8. The molecule has 2 fully saturated rings. The van der Waals surface area contributed by atoms with Crippen LogP contribution in [0, 0.1) is 12.8 Å². The van der Waals surface area contributed by atoms with Gasteiger partial charge >= 0.3 is 0 Å². The monoisotopic (exact) mass is 380 g/mol. The van der Waals surface area contributed by atoms with Crippen LogP contribution in [0.4, 0.5) is 5.82 Å². The Morgan fingerprint density at radius 2 is 1.82 bits per heavy atom. The Balaban J connectivity index is 1.39. The van der Waals surface area contributed by atoms with E-state index in [1.807, 2.05) is 24.0 Å². The predicted molar refractivity (Wildman–Crippen MR) is 108 cm³/mol. The number of aromatic nitrogens is 2. The molecule has 2 aliphatic rings. The van der Waals surface area contributed by atoms with E-state index in [1.54, 1.807) is 6.20 Å². The lowest BCUT2D eigenvalue weighted by Crippen LogP contribution is -2.52. The first-order valence-corrected chi connectivity index (χ1v) is 10.2. The molecule has 2 aromatic rings. The molecule has 0 radical (unpaired) electrons. The zero-order valence-electron chi connectivity index (χ0n) is 16.4. The zero-order valence-corrected chi connectivity index (χ0v) is 16.4. The number of carbonyl (C=O) groups excluding carboxylic acids is 1. The van der Waals surface area contributed by atoms with Crippen LogP contribution in [-0.4, -0.2) is 58.2 Å². The predicted octanol–water partition coefficient (Wildman–Crippen LogP) is 2.38. The van der Waals surface area contributed by atoms with E-state index in [4.69, 9.17) is 0 Å². The molecule has 2 aliphatic heterocycles. The number of carbonyl (C=O) groups is 1. The van der Waals surface area contributed by atoms with Crippen molar-refractivity contribution in [3.05, 3.63) is 54.0 Å². The second-order valence-corrected chi connectivity index (χ2v) is 7.88. The van der Waals surface area contributed by atoms with Crippen LogP contribution in [-0.2, 0) is 4.79 Å². The highest BCUT2D eigenvalue weighted by Crippen LogP contribution is 2.30. The summed E-state index contributed by atoms with van der Waals surface area (Å²) in [6, 6.07) is 12.4. The molecule has 2 saturated heterocycles. The molecular weight excluding hydrogens is 352 g/mol. The third-order valence-electron chi connectivity index (χ3n) is 6.06. The van der Waals surface area contributed by atoms with Crippen LogP contribution in [0.3, 0.4) is 0 Å². The van der Waals surface area contributed by atoms with Crippen molar-refractivity contribution in [3.8, 4) is 0 Å². The van der Waals surface area contributed by atoms with Crippen LogP contribution in [0.1, 0.15) is 36.6 Å². The highest BCUT2D eigenvalue weighted by atomic mass is 16.3. The lowest BCUT2D eigenvalue weighted by atomic mass is 9.87. The second-order valence-electron chi connectivity index (χ2n) is 7.88. The van der Waals surface area contributed by atoms with Gasteiger partial charge in [0.2, 0.25) is 5.91 Å². The Labute approximate surface area is 166 Å². The first-order valence-electron chi connectivity index (χ1n) is 10.2. The van der Waals surface area contributed by atoms with Gasteiger partial charge in [0.15, 0.2) is 0 Å². The molecule has 28 heavy (non-hydrogen) atoms. The lowest BCUT2D eigenvalue weighted by Gasteiger charge is -2.40. The van der Waals surface area contributed by atoms with Crippen LogP contribution in [0.25, 0.3) is 0 Å². The number of benzene rings is 1. The molecule has 6 heteroatoms. The van der Waals surface area contributed by atoms with E-state index in [0.717, 1.165) is 37.6 Å². The minimum absolute atomic E-state index is 0.0782. The largest absolute Gasteiger partial charge is 0.392 e. The molecule has 1 amide bonds. The SMILES string of the molecule is Cc1nccc(N2CC[C@@H](O)[C@@H](C(=O)N3CCC(c4ccccc4)CC3)C2)n1. The number of aryl methyl sites for hydroxylation is 1. The maximum absolute atomic E-state index is 13.2. The summed E-state index contributed by atoms with van der Waals surface area (Å²) in [5, 5.41) is 10.5. The number of likely N-dealkylation sites (tertiary alicyclic amines) is 1. The normalized spacial score (nSPS) is 23.6. The molecular formula is C22H28N4O2. The minimum atomic E-state index is -0.585. The highest BCUT2D eigenvalue weighted by Gasteiger charge is 2.37. The quantitative estimate of drug-likeness (QED) is 0.885. The number of anilines is 1. The maximum atomic E-state index is 13.2. The molecule has 148 valence electrons. The van der Waals surface area contributed by atoms with Gasteiger partial charge in [-0.2, -0.15) is 0 Å². The van der Waals surface area contributed by atoms with Crippen molar-refractivity contribution >= 4 is 11.7 Å². The van der Waals surface area contributed by atoms with E-state index in [2.05, 4.69) is 39.1 Å². The summed E-state index contributed by atoms with van der Waals surface area (Å²) in [6.45, 7) is 4.59. The van der Waals surface area contributed by atoms with Crippen molar-refractivity contribution < 1.29 is 9.90 Å². The molecule has 0 spiro atoms. The van der Waals surface area contributed by atoms with Gasteiger partial charge < -0.3 is 14.9 Å². The molecule has 0 unspecified atom stereocenters. The molecule has 4 rings (SSSR count). The van der Waals surface area contributed by atoms with Crippen molar-refractivity contribution in [2.45, 2.75) is 38.2 Å². The summed E-state index contributed by atoms with van der Waals surface area (Å²) >= 11 is 0. The van der Waals surface area contributed by atoms with Crippen molar-refractivity contribution in [3.63, 3.8) is 0 Å². The van der Waals surface area contributed by atoms with E-state index in [-0.39, 0.29) is 5.91 Å². The van der Waals surface area contributed by atoms with Gasteiger partial charge in [0.1, 0.15) is 11.6 Å². The van der Waals surface area contributed by atoms with E-state index in [0.29, 0.717) is 25.4 Å². The van der Waals surface area contributed by atoms with Crippen LogP contribution in [0.5, 0.6) is 0 Å². The average Bonchev–Trinajstić information content (AvgIpc) is 2.74.